The minimum Gasteiger partial charge on any atom is -0.444 e. The summed E-state index contributed by atoms with van der Waals surface area (Å²) in [4.78, 5) is 12.1. The van der Waals surface area contributed by atoms with Crippen LogP contribution in [0.15, 0.2) is 23.1 Å². The maximum Gasteiger partial charge on any atom is 0.407 e. The molecule has 33 heavy (non-hydrogen) atoms. The van der Waals surface area contributed by atoms with Gasteiger partial charge in [-0.05, 0) is 76.1 Å². The molecule has 1 aromatic rings. The first-order chi connectivity index (χ1) is 15.5. The summed E-state index contributed by atoms with van der Waals surface area (Å²) in [6, 6.07) is 6.45. The SMILES string of the molecule is COCCC(CO)Cc1cc(S(=O)(=O)N2CCC(NC(=O)OC(C)(C)C)CC2)ccc1C#N. The summed E-state index contributed by atoms with van der Waals surface area (Å²) in [5, 5.41) is 21.9. The van der Waals surface area contributed by atoms with Crippen molar-refractivity contribution in [2.24, 2.45) is 5.92 Å². The molecule has 0 aliphatic carbocycles. The minimum atomic E-state index is -3.76. The number of ether oxygens (including phenoxy) is 2. The van der Waals surface area contributed by atoms with E-state index in [-0.39, 0.29) is 36.6 Å². The van der Waals surface area contributed by atoms with Gasteiger partial charge < -0.3 is 19.9 Å². The Morgan fingerprint density at radius 3 is 2.55 bits per heavy atom. The normalized spacial score (nSPS) is 16.7. The summed E-state index contributed by atoms with van der Waals surface area (Å²) >= 11 is 0. The average molecular weight is 482 g/mol. The molecule has 1 atom stereocenters. The van der Waals surface area contributed by atoms with Gasteiger partial charge in [-0.3, -0.25) is 0 Å². The second kappa shape index (κ2) is 11.8. The highest BCUT2D eigenvalue weighted by Gasteiger charge is 2.31. The Morgan fingerprint density at radius 2 is 2.00 bits per heavy atom. The van der Waals surface area contributed by atoms with Crippen LogP contribution in [0.5, 0.6) is 0 Å². The number of piperidine rings is 1. The molecule has 1 aromatic carbocycles. The standard InChI is InChI=1S/C23H35N3O6S/c1-23(2,3)32-22(28)25-20-7-10-26(11-8-20)33(29,30)21-6-5-18(15-24)19(14-21)13-17(16-27)9-12-31-4/h5-6,14,17,20,27H,7-13,16H2,1-4H3,(H,25,28). The average Bonchev–Trinajstić information content (AvgIpc) is 2.75. The molecule has 2 rings (SSSR count). The maximum absolute atomic E-state index is 13.2. The van der Waals surface area contributed by atoms with Crippen LogP contribution in [0.4, 0.5) is 4.79 Å². The first-order valence-electron chi connectivity index (χ1n) is 11.1. The number of sulfonamides is 1. The van der Waals surface area contributed by atoms with Crippen LogP contribution >= 0.6 is 0 Å². The van der Waals surface area contributed by atoms with Gasteiger partial charge in [0.25, 0.3) is 0 Å². The number of aliphatic hydroxyl groups excluding tert-OH is 1. The van der Waals surface area contributed by atoms with Crippen molar-refractivity contribution in [1.82, 2.24) is 9.62 Å². The molecular formula is C23H35N3O6S. The van der Waals surface area contributed by atoms with Gasteiger partial charge in [0.1, 0.15) is 5.60 Å². The number of amides is 1. The Labute approximate surface area is 196 Å². The number of carbonyl (C=O) groups is 1. The topological polar surface area (TPSA) is 129 Å². The monoisotopic (exact) mass is 481 g/mol. The van der Waals surface area contributed by atoms with Gasteiger partial charge in [0, 0.05) is 39.5 Å². The number of benzene rings is 1. The number of nitrogens with one attached hydrogen (secondary N) is 1. The quantitative estimate of drug-likeness (QED) is 0.554. The second-order valence-corrected chi connectivity index (χ2v) is 11.2. The fourth-order valence-electron chi connectivity index (χ4n) is 3.73. The third-order valence-electron chi connectivity index (χ3n) is 5.51. The largest absolute Gasteiger partial charge is 0.444 e. The Bertz CT molecular complexity index is 944. The van der Waals surface area contributed by atoms with Crippen LogP contribution in [0.1, 0.15) is 51.2 Å². The van der Waals surface area contributed by atoms with Crippen molar-refractivity contribution in [2.45, 2.75) is 63.0 Å². The second-order valence-electron chi connectivity index (χ2n) is 9.29. The number of alkyl carbamates (subject to hydrolysis) is 1. The molecule has 0 aromatic heterocycles. The van der Waals surface area contributed by atoms with Crippen LogP contribution in [0.3, 0.4) is 0 Å². The molecule has 10 heteroatoms. The van der Waals surface area contributed by atoms with Crippen molar-refractivity contribution >= 4 is 16.1 Å². The fraction of sp³-hybridized carbons (Fsp3) is 0.652. The van der Waals surface area contributed by atoms with Gasteiger partial charge in [0.15, 0.2) is 0 Å². The van der Waals surface area contributed by atoms with E-state index in [2.05, 4.69) is 11.4 Å². The van der Waals surface area contributed by atoms with E-state index < -0.39 is 21.7 Å². The minimum absolute atomic E-state index is 0.0800. The van der Waals surface area contributed by atoms with Gasteiger partial charge in [-0.1, -0.05) is 0 Å². The number of aliphatic hydroxyl groups is 1. The molecular weight excluding hydrogens is 446 g/mol. The molecule has 184 valence electrons. The number of hydrogen-bond acceptors (Lipinski definition) is 7. The molecule has 9 nitrogen and oxygen atoms in total. The van der Waals surface area contributed by atoms with Gasteiger partial charge in [-0.25, -0.2) is 13.2 Å². The van der Waals surface area contributed by atoms with Crippen molar-refractivity contribution in [1.29, 1.82) is 5.26 Å². The highest BCUT2D eigenvalue weighted by molar-refractivity contribution is 7.89. The zero-order chi connectivity index (χ0) is 24.6. The first-order valence-corrected chi connectivity index (χ1v) is 12.6. The lowest BCUT2D eigenvalue weighted by Gasteiger charge is -2.32. The molecule has 1 aliphatic heterocycles. The van der Waals surface area contributed by atoms with Gasteiger partial charge in [0.05, 0.1) is 16.5 Å². The predicted molar refractivity (Wildman–Crippen MR) is 123 cm³/mol. The third kappa shape index (κ3) is 7.96. The summed E-state index contributed by atoms with van der Waals surface area (Å²) in [5.74, 6) is -0.135. The van der Waals surface area contributed by atoms with Crippen LogP contribution < -0.4 is 5.32 Å². The summed E-state index contributed by atoms with van der Waals surface area (Å²) in [6.07, 6.45) is 1.43. The van der Waals surface area contributed by atoms with E-state index in [1.54, 1.807) is 27.9 Å². The lowest BCUT2D eigenvalue weighted by molar-refractivity contribution is 0.0489. The zero-order valence-corrected chi connectivity index (χ0v) is 20.7. The van der Waals surface area contributed by atoms with E-state index in [0.717, 1.165) is 0 Å². The number of methoxy groups -OCH3 is 1. The molecule has 0 bridgehead atoms. The van der Waals surface area contributed by atoms with Gasteiger partial charge >= 0.3 is 6.09 Å². The van der Waals surface area contributed by atoms with E-state index in [0.29, 0.717) is 43.4 Å². The molecule has 1 aliphatic rings. The smallest absolute Gasteiger partial charge is 0.407 e. The van der Waals surface area contributed by atoms with E-state index in [4.69, 9.17) is 9.47 Å². The predicted octanol–water partition coefficient (Wildman–Crippen LogP) is 2.42. The van der Waals surface area contributed by atoms with E-state index >= 15 is 0 Å². The first kappa shape index (κ1) is 27.1. The number of rotatable bonds is 9. The Morgan fingerprint density at radius 1 is 1.33 bits per heavy atom. The molecule has 1 unspecified atom stereocenters. The highest BCUT2D eigenvalue weighted by Crippen LogP contribution is 2.25. The summed E-state index contributed by atoms with van der Waals surface area (Å²) in [6.45, 7) is 6.28. The highest BCUT2D eigenvalue weighted by atomic mass is 32.2. The van der Waals surface area contributed by atoms with Gasteiger partial charge in [-0.15, -0.1) is 0 Å². The summed E-state index contributed by atoms with van der Waals surface area (Å²) in [5.41, 5.74) is 0.389. The Kier molecular flexibility index (Phi) is 9.67. The van der Waals surface area contributed by atoms with Crippen LogP contribution in [-0.4, -0.2) is 69.0 Å². The van der Waals surface area contributed by atoms with Crippen molar-refractivity contribution in [3.8, 4) is 6.07 Å². The number of hydrogen-bond donors (Lipinski definition) is 2. The van der Waals surface area contributed by atoms with Gasteiger partial charge in [-0.2, -0.15) is 9.57 Å². The van der Waals surface area contributed by atoms with Crippen LogP contribution in [0, 0.1) is 17.2 Å². The molecule has 2 N–H and O–H groups in total. The van der Waals surface area contributed by atoms with Crippen molar-refractivity contribution in [2.75, 3.05) is 33.4 Å². The molecule has 0 radical (unpaired) electrons. The number of carbonyl (C=O) groups excluding carboxylic acids is 1. The molecule has 0 spiro atoms. The molecule has 1 amide bonds. The van der Waals surface area contributed by atoms with E-state index in [9.17, 15) is 23.6 Å². The van der Waals surface area contributed by atoms with Crippen molar-refractivity contribution in [3.05, 3.63) is 29.3 Å². The van der Waals surface area contributed by atoms with E-state index in [1.165, 1.54) is 22.5 Å². The lowest BCUT2D eigenvalue weighted by Crippen LogP contribution is -2.47. The summed E-state index contributed by atoms with van der Waals surface area (Å²) < 4.78 is 38.2. The molecule has 0 saturated carbocycles. The lowest BCUT2D eigenvalue weighted by atomic mass is 9.94. The zero-order valence-electron chi connectivity index (χ0n) is 19.8. The van der Waals surface area contributed by atoms with Crippen LogP contribution in [0.25, 0.3) is 0 Å². The van der Waals surface area contributed by atoms with Gasteiger partial charge in [0.2, 0.25) is 10.0 Å². The van der Waals surface area contributed by atoms with Crippen molar-refractivity contribution in [3.63, 3.8) is 0 Å². The molecule has 1 saturated heterocycles. The third-order valence-corrected chi connectivity index (χ3v) is 7.40. The van der Waals surface area contributed by atoms with Crippen molar-refractivity contribution < 1.29 is 27.8 Å². The number of nitrogens with zero attached hydrogens (tertiary/aromatic N) is 2. The van der Waals surface area contributed by atoms with E-state index in [1.807, 2.05) is 0 Å². The number of nitriles is 1. The van der Waals surface area contributed by atoms with Crippen LogP contribution in [-0.2, 0) is 25.9 Å². The summed E-state index contributed by atoms with van der Waals surface area (Å²) in [7, 11) is -2.18. The maximum atomic E-state index is 13.2. The molecule has 1 fully saturated rings. The Balaban J connectivity index is 2.09. The van der Waals surface area contributed by atoms with Crippen LogP contribution in [0.2, 0.25) is 0 Å². The Hall–Kier alpha value is -2.19. The molecule has 1 heterocycles. The fourth-order valence-corrected chi connectivity index (χ4v) is 5.25.